The Labute approximate surface area is 227 Å². The third-order valence-corrected chi connectivity index (χ3v) is 14.1. The van der Waals surface area contributed by atoms with Gasteiger partial charge in [0.15, 0.2) is 0 Å². The molecule has 0 bridgehead atoms. The summed E-state index contributed by atoms with van der Waals surface area (Å²) in [6.45, 7) is 18.9. The maximum Gasteiger partial charge on any atom is 0.261 e. The number of hydrogen-bond acceptors (Lipinski definition) is 1. The van der Waals surface area contributed by atoms with Gasteiger partial charge >= 0.3 is 0 Å². The predicted molar refractivity (Wildman–Crippen MR) is 163 cm³/mol. The zero-order valence-corrected chi connectivity index (χ0v) is 25.0. The fourth-order valence-corrected chi connectivity index (χ4v) is 11.7. The molecule has 2 heteroatoms. The molecule has 1 nitrogen and oxygen atoms in total. The molecule has 0 aliphatic heterocycles. The van der Waals surface area contributed by atoms with E-state index in [4.69, 9.17) is 4.43 Å². The van der Waals surface area contributed by atoms with Crippen LogP contribution in [-0.4, -0.2) is 14.4 Å². The molecule has 2 aliphatic rings. The van der Waals surface area contributed by atoms with E-state index < -0.39 is 8.32 Å². The highest BCUT2D eigenvalue weighted by atomic mass is 28.4. The maximum absolute atomic E-state index is 7.71. The lowest BCUT2D eigenvalue weighted by Crippen LogP contribution is -2.67. The van der Waals surface area contributed by atoms with Crippen LogP contribution in [0.15, 0.2) is 96.6 Å². The lowest BCUT2D eigenvalue weighted by Gasteiger charge is -2.47. The molecule has 2 aliphatic carbocycles. The molecule has 0 heterocycles. The first-order valence-electron chi connectivity index (χ1n) is 14.4. The Morgan fingerprint density at radius 1 is 0.892 bits per heavy atom. The summed E-state index contributed by atoms with van der Waals surface area (Å²) in [6, 6.07) is 22.3. The normalized spacial score (nSPS) is 26.4. The minimum Gasteiger partial charge on any atom is -0.404 e. The first-order valence-corrected chi connectivity index (χ1v) is 16.3. The third-order valence-electron chi connectivity index (χ3n) is 8.99. The molecular weight excluding hydrogens is 464 g/mol. The highest BCUT2D eigenvalue weighted by Crippen LogP contribution is 2.46. The first-order chi connectivity index (χ1) is 17.6. The molecule has 4 atom stereocenters. The standard InChI is InChI=1S/C35H48OSi/c1-26(2)32-23-22-28(4)33-25-29(17-15-14-16-27(3)24-34(32)33)36-37(35(5,6)7,30-18-10-8-11-19-30)31-20-12-9-13-21-31/h8-15,18-22,26,29,32-34H,3,16-17,23-25H2,1-2,4-7H3/b15-14-. The maximum atomic E-state index is 7.71. The van der Waals surface area contributed by atoms with Crippen molar-refractivity contribution >= 4 is 18.7 Å². The van der Waals surface area contributed by atoms with Gasteiger partial charge in [0.25, 0.3) is 8.32 Å². The van der Waals surface area contributed by atoms with E-state index in [1.54, 1.807) is 5.57 Å². The summed E-state index contributed by atoms with van der Waals surface area (Å²) in [6.07, 6.45) is 12.8. The minimum atomic E-state index is -2.61. The number of benzene rings is 2. The summed E-state index contributed by atoms with van der Waals surface area (Å²) in [5.41, 5.74) is 2.95. The van der Waals surface area contributed by atoms with E-state index in [2.05, 4.69) is 127 Å². The van der Waals surface area contributed by atoms with Gasteiger partial charge in [-0.1, -0.05) is 131 Å². The Kier molecular flexibility index (Phi) is 8.81. The molecule has 0 fully saturated rings. The van der Waals surface area contributed by atoms with Gasteiger partial charge in [-0.25, -0.2) is 0 Å². The largest absolute Gasteiger partial charge is 0.404 e. The fourth-order valence-electron chi connectivity index (χ4n) is 7.04. The Balaban J connectivity index is 1.81. The molecule has 37 heavy (non-hydrogen) atoms. The molecule has 0 spiro atoms. The molecule has 4 rings (SSSR count). The molecule has 0 saturated carbocycles. The average Bonchev–Trinajstić information content (AvgIpc) is 2.86. The van der Waals surface area contributed by atoms with Gasteiger partial charge in [0.1, 0.15) is 0 Å². The van der Waals surface area contributed by atoms with E-state index in [1.807, 2.05) is 0 Å². The quantitative estimate of drug-likeness (QED) is 0.288. The van der Waals surface area contributed by atoms with Crippen molar-refractivity contribution in [3.8, 4) is 0 Å². The van der Waals surface area contributed by atoms with Gasteiger partial charge in [-0.3, -0.25) is 0 Å². The predicted octanol–water partition coefficient (Wildman–Crippen LogP) is 8.47. The van der Waals surface area contributed by atoms with Crippen LogP contribution in [0.4, 0.5) is 0 Å². The molecule has 0 N–H and O–H groups in total. The summed E-state index contributed by atoms with van der Waals surface area (Å²) in [4.78, 5) is 0. The van der Waals surface area contributed by atoms with Crippen LogP contribution in [0.5, 0.6) is 0 Å². The van der Waals surface area contributed by atoms with Crippen molar-refractivity contribution in [3.05, 3.63) is 96.6 Å². The van der Waals surface area contributed by atoms with Crippen LogP contribution >= 0.6 is 0 Å². The van der Waals surface area contributed by atoms with Crippen molar-refractivity contribution in [1.29, 1.82) is 0 Å². The fraction of sp³-hybridized carbons (Fsp3) is 0.486. The van der Waals surface area contributed by atoms with Gasteiger partial charge in [0, 0.05) is 6.10 Å². The summed E-state index contributed by atoms with van der Waals surface area (Å²) >= 11 is 0. The van der Waals surface area contributed by atoms with E-state index in [0.717, 1.165) is 25.7 Å². The molecule has 198 valence electrons. The Morgan fingerprint density at radius 2 is 1.49 bits per heavy atom. The summed E-state index contributed by atoms with van der Waals surface area (Å²) in [5.74, 6) is 2.59. The van der Waals surface area contributed by atoms with Gasteiger partial charge in [-0.15, -0.1) is 0 Å². The Bertz CT molecular complexity index is 1050. The average molecular weight is 513 g/mol. The van der Waals surface area contributed by atoms with E-state index in [9.17, 15) is 0 Å². The summed E-state index contributed by atoms with van der Waals surface area (Å²) in [5, 5.41) is 2.73. The summed E-state index contributed by atoms with van der Waals surface area (Å²) < 4.78 is 7.71. The van der Waals surface area contributed by atoms with Crippen LogP contribution in [0.25, 0.3) is 0 Å². The van der Waals surface area contributed by atoms with Gasteiger partial charge in [-0.2, -0.15) is 0 Å². The Morgan fingerprint density at radius 3 is 2.03 bits per heavy atom. The van der Waals surface area contributed by atoms with Gasteiger partial charge in [0.2, 0.25) is 0 Å². The highest BCUT2D eigenvalue weighted by Gasteiger charge is 2.51. The molecule has 0 aromatic heterocycles. The van der Waals surface area contributed by atoms with E-state index in [0.29, 0.717) is 23.7 Å². The van der Waals surface area contributed by atoms with Crippen LogP contribution in [0.2, 0.25) is 5.04 Å². The molecule has 0 radical (unpaired) electrons. The zero-order valence-electron chi connectivity index (χ0n) is 24.0. The van der Waals surface area contributed by atoms with Crippen molar-refractivity contribution in [2.45, 2.75) is 84.8 Å². The smallest absolute Gasteiger partial charge is 0.261 e. The summed E-state index contributed by atoms with van der Waals surface area (Å²) in [7, 11) is -2.61. The Hall–Kier alpha value is -2.16. The van der Waals surface area contributed by atoms with Crippen LogP contribution in [0.1, 0.15) is 73.6 Å². The van der Waals surface area contributed by atoms with Crippen molar-refractivity contribution in [1.82, 2.24) is 0 Å². The first kappa shape index (κ1) is 27.9. The lowest BCUT2D eigenvalue weighted by molar-refractivity contribution is 0.111. The van der Waals surface area contributed by atoms with Gasteiger partial charge in [-0.05, 0) is 78.1 Å². The highest BCUT2D eigenvalue weighted by molar-refractivity contribution is 6.99. The second kappa shape index (κ2) is 11.7. The van der Waals surface area contributed by atoms with Crippen LogP contribution in [0, 0.1) is 23.7 Å². The van der Waals surface area contributed by atoms with Gasteiger partial charge < -0.3 is 4.43 Å². The van der Waals surface area contributed by atoms with Crippen molar-refractivity contribution in [2.24, 2.45) is 23.7 Å². The molecule has 4 unspecified atom stereocenters. The number of fused-ring (bicyclic) bond motifs is 1. The van der Waals surface area contributed by atoms with Crippen molar-refractivity contribution < 1.29 is 4.43 Å². The number of allylic oxidation sites excluding steroid dienone is 4. The topological polar surface area (TPSA) is 9.23 Å². The van der Waals surface area contributed by atoms with Crippen molar-refractivity contribution in [3.63, 3.8) is 0 Å². The second-order valence-electron chi connectivity index (χ2n) is 12.9. The molecule has 2 aromatic rings. The minimum absolute atomic E-state index is 0.0135. The van der Waals surface area contributed by atoms with E-state index in [-0.39, 0.29) is 11.1 Å². The van der Waals surface area contributed by atoms with E-state index in [1.165, 1.54) is 22.4 Å². The molecule has 0 amide bonds. The third kappa shape index (κ3) is 5.96. The van der Waals surface area contributed by atoms with Crippen LogP contribution in [0.3, 0.4) is 0 Å². The second-order valence-corrected chi connectivity index (χ2v) is 17.1. The monoisotopic (exact) mass is 512 g/mol. The molecule has 0 saturated heterocycles. The van der Waals surface area contributed by atoms with E-state index >= 15 is 0 Å². The number of rotatable bonds is 5. The number of hydrogen-bond donors (Lipinski definition) is 0. The molecular formula is C35H48OSi. The SMILES string of the molecule is C=C1C/C=C\CC(O[Si](c2ccccc2)(c2ccccc2)C(C)(C)C)CC2C(C)=CCC(C(C)C)C2C1. The lowest BCUT2D eigenvalue weighted by atomic mass is 9.64. The van der Waals surface area contributed by atoms with Crippen molar-refractivity contribution in [2.75, 3.05) is 0 Å². The zero-order chi connectivity index (χ0) is 26.6. The van der Waals surface area contributed by atoms with Gasteiger partial charge in [0.05, 0.1) is 0 Å². The molecule has 2 aromatic carbocycles. The van der Waals surface area contributed by atoms with Crippen LogP contribution < -0.4 is 10.4 Å². The van der Waals surface area contributed by atoms with Crippen LogP contribution in [-0.2, 0) is 4.43 Å².